The van der Waals surface area contributed by atoms with Crippen LogP contribution in [0.25, 0.3) is 0 Å². The number of carbonyl (C=O) groups excluding carboxylic acids is 1. The molecule has 0 bridgehead atoms. The third kappa shape index (κ3) is 6.91. The Morgan fingerprint density at radius 2 is 1.96 bits per heavy atom. The average Bonchev–Trinajstić information content (AvgIpc) is 2.63. The van der Waals surface area contributed by atoms with Gasteiger partial charge in [-0.1, -0.05) is 12.1 Å². The summed E-state index contributed by atoms with van der Waals surface area (Å²) in [7, 11) is 0. The summed E-state index contributed by atoms with van der Waals surface area (Å²) in [5.41, 5.74) is 8.22. The fraction of sp³-hybridized carbons (Fsp3) is 0.611. The van der Waals surface area contributed by atoms with Crippen LogP contribution in [0.5, 0.6) is 0 Å². The van der Waals surface area contributed by atoms with Gasteiger partial charge in [-0.2, -0.15) is 11.8 Å². The van der Waals surface area contributed by atoms with Crippen molar-refractivity contribution >= 4 is 48.2 Å². The predicted molar refractivity (Wildman–Crippen MR) is 114 cm³/mol. The molecule has 1 unspecified atom stereocenters. The van der Waals surface area contributed by atoms with E-state index in [1.165, 1.54) is 17.1 Å². The molecular weight excluding hydrogens is 393 g/mol. The molecule has 2 aliphatic heterocycles. The Morgan fingerprint density at radius 3 is 2.65 bits per heavy atom. The molecule has 1 atom stereocenters. The zero-order valence-corrected chi connectivity index (χ0v) is 17.3. The molecule has 5 nitrogen and oxygen atoms in total. The van der Waals surface area contributed by atoms with Crippen molar-refractivity contribution in [3.8, 4) is 0 Å². The molecule has 3 N–H and O–H groups in total. The summed E-state index contributed by atoms with van der Waals surface area (Å²) in [6, 6.07) is 7.66. The lowest BCUT2D eigenvalue weighted by molar-refractivity contribution is -0.119. The normalized spacial score (nSPS) is 19.7. The van der Waals surface area contributed by atoms with E-state index in [0.29, 0.717) is 13.2 Å². The van der Waals surface area contributed by atoms with Gasteiger partial charge >= 0.3 is 0 Å². The molecule has 0 aromatic heterocycles. The summed E-state index contributed by atoms with van der Waals surface area (Å²) < 4.78 is 5.34. The third-order valence-corrected chi connectivity index (χ3v) is 5.72. The zero-order chi connectivity index (χ0) is 16.8. The number of benzene rings is 1. The van der Waals surface area contributed by atoms with Crippen molar-refractivity contribution in [2.45, 2.75) is 25.4 Å². The summed E-state index contributed by atoms with van der Waals surface area (Å²) >= 11 is 2.02. The Kier molecular flexibility index (Phi) is 10.9. The predicted octanol–water partition coefficient (Wildman–Crippen LogP) is 2.77. The van der Waals surface area contributed by atoms with E-state index in [2.05, 4.69) is 22.3 Å². The van der Waals surface area contributed by atoms with Gasteiger partial charge in [-0.15, -0.1) is 24.8 Å². The van der Waals surface area contributed by atoms with Gasteiger partial charge in [0.1, 0.15) is 0 Å². The largest absolute Gasteiger partial charge is 0.381 e. The standard InChI is InChI=1S/C18H27N3O2S.2ClH/c19-17(15-4-8-23-9-5-15)18(22)20-16-3-1-2-14(12-16)13-21-6-10-24-11-7-21;;/h1-3,12,15,17H,4-11,13,19H2,(H,20,22);2*1H. The molecule has 0 spiro atoms. The molecule has 2 saturated heterocycles. The highest BCUT2D eigenvalue weighted by molar-refractivity contribution is 7.99. The number of hydrogen-bond donors (Lipinski definition) is 2. The van der Waals surface area contributed by atoms with E-state index in [9.17, 15) is 4.79 Å². The lowest BCUT2D eigenvalue weighted by Crippen LogP contribution is -2.44. The van der Waals surface area contributed by atoms with Gasteiger partial charge in [-0.3, -0.25) is 9.69 Å². The molecule has 8 heteroatoms. The first-order chi connectivity index (χ1) is 11.7. The second-order valence-electron chi connectivity index (χ2n) is 6.55. The van der Waals surface area contributed by atoms with Crippen LogP contribution in [0, 0.1) is 5.92 Å². The van der Waals surface area contributed by atoms with E-state index in [1.807, 2.05) is 23.9 Å². The van der Waals surface area contributed by atoms with Crippen LogP contribution in [0.1, 0.15) is 18.4 Å². The maximum absolute atomic E-state index is 12.4. The topological polar surface area (TPSA) is 67.6 Å². The molecule has 3 rings (SSSR count). The molecule has 148 valence electrons. The molecule has 2 aliphatic rings. The van der Waals surface area contributed by atoms with Crippen molar-refractivity contribution in [2.24, 2.45) is 11.7 Å². The van der Waals surface area contributed by atoms with E-state index < -0.39 is 6.04 Å². The van der Waals surface area contributed by atoms with Crippen molar-refractivity contribution < 1.29 is 9.53 Å². The number of amides is 1. The van der Waals surface area contributed by atoms with Gasteiger partial charge in [0, 0.05) is 50.0 Å². The molecule has 1 amide bonds. The van der Waals surface area contributed by atoms with Crippen LogP contribution in [0.4, 0.5) is 5.69 Å². The van der Waals surface area contributed by atoms with Gasteiger partial charge in [-0.25, -0.2) is 0 Å². The van der Waals surface area contributed by atoms with E-state index in [-0.39, 0.29) is 36.6 Å². The minimum atomic E-state index is -0.461. The van der Waals surface area contributed by atoms with Gasteiger partial charge in [0.2, 0.25) is 5.91 Å². The summed E-state index contributed by atoms with van der Waals surface area (Å²) in [4.78, 5) is 14.9. The molecular formula is C18H29Cl2N3O2S. The summed E-state index contributed by atoms with van der Waals surface area (Å²) in [6.07, 6.45) is 1.73. The molecule has 26 heavy (non-hydrogen) atoms. The number of carbonyl (C=O) groups is 1. The van der Waals surface area contributed by atoms with E-state index >= 15 is 0 Å². The second kappa shape index (κ2) is 12.1. The maximum Gasteiger partial charge on any atom is 0.241 e. The molecule has 2 heterocycles. The number of hydrogen-bond acceptors (Lipinski definition) is 5. The van der Waals surface area contributed by atoms with Gasteiger partial charge in [0.05, 0.1) is 6.04 Å². The summed E-state index contributed by atoms with van der Waals surface area (Å²) in [5, 5.41) is 2.99. The first kappa shape index (κ1) is 23.5. The molecule has 0 saturated carbocycles. The van der Waals surface area contributed by atoms with Crippen molar-refractivity contribution in [1.29, 1.82) is 0 Å². The molecule has 2 fully saturated rings. The first-order valence-corrected chi connectivity index (χ1v) is 9.91. The van der Waals surface area contributed by atoms with E-state index in [4.69, 9.17) is 10.5 Å². The highest BCUT2D eigenvalue weighted by Gasteiger charge is 2.26. The fourth-order valence-corrected chi connectivity index (χ4v) is 4.26. The Hall–Kier alpha value is -0.500. The number of rotatable bonds is 5. The van der Waals surface area contributed by atoms with Crippen molar-refractivity contribution in [3.05, 3.63) is 29.8 Å². The number of halogens is 2. The van der Waals surface area contributed by atoms with Gasteiger partial charge < -0.3 is 15.8 Å². The summed E-state index contributed by atoms with van der Waals surface area (Å²) in [6.45, 7) is 4.62. The molecule has 0 aliphatic carbocycles. The Morgan fingerprint density at radius 1 is 1.27 bits per heavy atom. The van der Waals surface area contributed by atoms with Gasteiger partial charge in [0.15, 0.2) is 0 Å². The number of nitrogens with zero attached hydrogens (tertiary/aromatic N) is 1. The first-order valence-electron chi connectivity index (χ1n) is 8.75. The van der Waals surface area contributed by atoms with Crippen molar-refractivity contribution in [3.63, 3.8) is 0 Å². The quantitative estimate of drug-likeness (QED) is 0.764. The van der Waals surface area contributed by atoms with Crippen LogP contribution in [0.15, 0.2) is 24.3 Å². The van der Waals surface area contributed by atoms with Crippen LogP contribution in [-0.4, -0.2) is 54.7 Å². The highest BCUT2D eigenvalue weighted by Crippen LogP contribution is 2.20. The summed E-state index contributed by atoms with van der Waals surface area (Å²) in [5.74, 6) is 2.54. The Labute approximate surface area is 172 Å². The van der Waals surface area contributed by atoms with Crippen LogP contribution in [0.2, 0.25) is 0 Å². The monoisotopic (exact) mass is 421 g/mol. The molecule has 1 aromatic carbocycles. The number of nitrogens with one attached hydrogen (secondary N) is 1. The van der Waals surface area contributed by atoms with Crippen molar-refractivity contribution in [1.82, 2.24) is 4.90 Å². The third-order valence-electron chi connectivity index (χ3n) is 4.78. The van der Waals surface area contributed by atoms with E-state index in [1.54, 1.807) is 0 Å². The number of nitrogens with two attached hydrogens (primary N) is 1. The lowest BCUT2D eigenvalue weighted by Gasteiger charge is -2.27. The average molecular weight is 422 g/mol. The SMILES string of the molecule is Cl.Cl.NC(C(=O)Nc1cccc(CN2CCSCC2)c1)C1CCOCC1. The fourth-order valence-electron chi connectivity index (χ4n) is 3.28. The van der Waals surface area contributed by atoms with Crippen LogP contribution < -0.4 is 11.1 Å². The Bertz CT molecular complexity index is 553. The van der Waals surface area contributed by atoms with E-state index in [0.717, 1.165) is 38.2 Å². The highest BCUT2D eigenvalue weighted by atomic mass is 35.5. The Balaban J connectivity index is 0.00000169. The van der Waals surface area contributed by atoms with Crippen molar-refractivity contribution in [2.75, 3.05) is 43.1 Å². The van der Waals surface area contributed by atoms with Crippen LogP contribution >= 0.6 is 36.6 Å². The zero-order valence-electron chi connectivity index (χ0n) is 14.9. The van der Waals surface area contributed by atoms with Crippen LogP contribution in [-0.2, 0) is 16.1 Å². The number of ether oxygens (including phenoxy) is 1. The lowest BCUT2D eigenvalue weighted by atomic mass is 9.92. The number of anilines is 1. The minimum absolute atomic E-state index is 0. The van der Waals surface area contributed by atoms with Gasteiger partial charge in [0.25, 0.3) is 0 Å². The smallest absolute Gasteiger partial charge is 0.241 e. The molecule has 0 radical (unpaired) electrons. The maximum atomic E-state index is 12.4. The van der Waals surface area contributed by atoms with Crippen LogP contribution in [0.3, 0.4) is 0 Å². The number of thioether (sulfide) groups is 1. The molecule has 1 aromatic rings. The van der Waals surface area contributed by atoms with Gasteiger partial charge in [-0.05, 0) is 36.5 Å². The second-order valence-corrected chi connectivity index (χ2v) is 7.78. The minimum Gasteiger partial charge on any atom is -0.381 e.